The summed E-state index contributed by atoms with van der Waals surface area (Å²) in [4.78, 5) is 0. The van der Waals surface area contributed by atoms with Crippen molar-refractivity contribution in [1.29, 1.82) is 0 Å². The minimum atomic E-state index is -0.613. The number of nitrogens with zero attached hydrogens (tertiary/aromatic N) is 1. The molecule has 0 aromatic heterocycles. The quantitative estimate of drug-likeness (QED) is 0.673. The van der Waals surface area contributed by atoms with E-state index in [0.717, 1.165) is 0 Å². The van der Waals surface area contributed by atoms with Crippen LogP contribution in [-0.2, 0) is 16.2 Å². The zero-order valence-electron chi connectivity index (χ0n) is 13.7. The van der Waals surface area contributed by atoms with Crippen LogP contribution in [0.25, 0.3) is 0 Å². The van der Waals surface area contributed by atoms with Crippen LogP contribution < -0.4 is 0 Å². The minimum absolute atomic E-state index is 0.0725. The Morgan fingerprint density at radius 3 is 1.83 bits per heavy atom. The van der Waals surface area contributed by atoms with E-state index in [1.807, 2.05) is 0 Å². The maximum atomic E-state index is 2.86. The molecule has 0 amide bonds. The molecule has 0 bridgehead atoms. The Kier molecular flexibility index (Phi) is 5.06. The van der Waals surface area contributed by atoms with Crippen LogP contribution in [0, 0.1) is 5.92 Å². The summed E-state index contributed by atoms with van der Waals surface area (Å²) in [6.45, 7) is 21.4. The van der Waals surface area contributed by atoms with Gasteiger partial charge in [0.15, 0.2) is 0 Å². The Hall–Kier alpha value is 0.120. The van der Waals surface area contributed by atoms with Gasteiger partial charge >= 0.3 is 122 Å². The van der Waals surface area contributed by atoms with E-state index in [1.165, 1.54) is 5.57 Å². The molecule has 0 heterocycles. The van der Waals surface area contributed by atoms with Gasteiger partial charge in [-0.15, -0.1) is 0 Å². The monoisotopic (exact) mass is 314 g/mol. The first-order chi connectivity index (χ1) is 8.07. The molecular weight excluding hydrogens is 288 g/mol. The van der Waals surface area contributed by atoms with Crippen molar-refractivity contribution in [2.75, 3.05) is 0 Å². The van der Waals surface area contributed by atoms with Gasteiger partial charge in [0.2, 0.25) is 0 Å². The van der Waals surface area contributed by atoms with Gasteiger partial charge in [0.1, 0.15) is 0 Å². The van der Waals surface area contributed by atoms with E-state index < -0.39 is 16.2 Å². The Balaban J connectivity index is 3.31. The normalized spacial score (nSPS) is 20.4. The van der Waals surface area contributed by atoms with Crippen LogP contribution in [0.5, 0.6) is 0 Å². The first kappa shape index (κ1) is 16.2. The Bertz CT molecular complexity index is 434. The third kappa shape index (κ3) is 3.17. The molecule has 1 rings (SSSR count). The maximum absolute atomic E-state index is 2.86. The average Bonchev–Trinajstić information content (AvgIpc) is 2.39. The van der Waals surface area contributed by atoms with Crippen molar-refractivity contribution in [2.45, 2.75) is 67.1 Å². The molecule has 1 nitrogen and oxygen atoms in total. The number of hydrogen-bond acceptors (Lipinski definition) is 1. The fourth-order valence-electron chi connectivity index (χ4n) is 2.78. The molecule has 99 valence electrons. The molecule has 3 heteroatoms. The first-order valence-electron chi connectivity index (χ1n) is 7.02. The summed E-state index contributed by atoms with van der Waals surface area (Å²) in [5.41, 5.74) is 6.64. The standard InChI is InChI=1S/C13H22N.C2H6Si.Zn/c1-8-9(2)11(4)12(10(8)3)14-13(5,6)7;1-3-2;/h10H,1-7H3;1-2H3;/q-1;;+1. The molecule has 0 saturated heterocycles. The zero-order valence-corrected chi connectivity index (χ0v) is 17.7. The Morgan fingerprint density at radius 2 is 1.56 bits per heavy atom. The molecule has 1 aliphatic carbocycles. The first-order valence-corrected chi connectivity index (χ1v) is 15.5. The predicted molar refractivity (Wildman–Crippen MR) is 79.3 cm³/mol. The van der Waals surface area contributed by atoms with Crippen molar-refractivity contribution in [2.24, 2.45) is 5.92 Å². The molecule has 1 unspecified atom stereocenters. The summed E-state index contributed by atoms with van der Waals surface area (Å²) in [5.74, 6) is 0.635. The molecule has 18 heavy (non-hydrogen) atoms. The average molecular weight is 316 g/mol. The van der Waals surface area contributed by atoms with E-state index in [4.69, 9.17) is 0 Å². The van der Waals surface area contributed by atoms with Gasteiger partial charge in [0.25, 0.3) is 0 Å². The van der Waals surface area contributed by atoms with E-state index in [0.29, 0.717) is 11.5 Å². The summed E-state index contributed by atoms with van der Waals surface area (Å²) in [7, 11) is 0. The van der Waals surface area contributed by atoms with Gasteiger partial charge in [0, 0.05) is 0 Å². The summed E-state index contributed by atoms with van der Waals surface area (Å²) in [6.07, 6.45) is 0. The van der Waals surface area contributed by atoms with E-state index in [-0.39, 0.29) is 6.55 Å². The van der Waals surface area contributed by atoms with Gasteiger partial charge in [-0.3, -0.25) is 0 Å². The molecular formula is C15H28NSiZn. The third-order valence-corrected chi connectivity index (χ3v) is 13.8. The van der Waals surface area contributed by atoms with Crippen LogP contribution in [0.1, 0.15) is 48.5 Å². The van der Waals surface area contributed by atoms with Crippen molar-refractivity contribution in [1.82, 2.24) is 3.64 Å². The van der Waals surface area contributed by atoms with E-state index in [1.54, 1.807) is 16.8 Å². The van der Waals surface area contributed by atoms with Gasteiger partial charge in [-0.1, -0.05) is 0 Å². The summed E-state index contributed by atoms with van der Waals surface area (Å²) < 4.78 is 2.86. The van der Waals surface area contributed by atoms with Crippen LogP contribution in [0.15, 0.2) is 22.4 Å². The molecule has 0 aliphatic heterocycles. The second-order valence-electron chi connectivity index (χ2n) is 7.00. The molecule has 0 fully saturated rings. The molecule has 1 aliphatic rings. The second-order valence-corrected chi connectivity index (χ2v) is 22.0. The van der Waals surface area contributed by atoms with E-state index in [2.05, 4.69) is 65.2 Å². The predicted octanol–water partition coefficient (Wildman–Crippen LogP) is 4.60. The van der Waals surface area contributed by atoms with E-state index in [9.17, 15) is 0 Å². The number of allylic oxidation sites excluding steroid dienone is 3. The molecule has 0 saturated carbocycles. The fraction of sp³-hybridized carbons (Fsp3) is 0.733. The zero-order chi connectivity index (χ0) is 14.2. The molecule has 0 aromatic carbocycles. The summed E-state index contributed by atoms with van der Waals surface area (Å²) in [6, 6.07) is 0. The van der Waals surface area contributed by atoms with Gasteiger partial charge in [-0.2, -0.15) is 0 Å². The van der Waals surface area contributed by atoms with Crippen molar-refractivity contribution in [3.8, 4) is 0 Å². The van der Waals surface area contributed by atoms with Crippen LogP contribution in [0.3, 0.4) is 0 Å². The second kappa shape index (κ2) is 5.63. The van der Waals surface area contributed by atoms with Gasteiger partial charge in [-0.05, 0) is 0 Å². The van der Waals surface area contributed by atoms with Crippen LogP contribution in [0.4, 0.5) is 0 Å². The van der Waals surface area contributed by atoms with Gasteiger partial charge < -0.3 is 0 Å². The molecule has 0 N–H and O–H groups in total. The van der Waals surface area contributed by atoms with Crippen molar-refractivity contribution >= 4 is 6.55 Å². The number of hydrogen-bond donors (Lipinski definition) is 0. The SMILES string of the molecule is CC1=C(C)C(C)C([N]([Zn]=[Si](C)C)C(C)(C)C)=C1C. The topological polar surface area (TPSA) is 3.24 Å². The van der Waals surface area contributed by atoms with Crippen LogP contribution >= 0.6 is 0 Å². The van der Waals surface area contributed by atoms with Crippen molar-refractivity contribution in [3.05, 3.63) is 22.4 Å². The summed E-state index contributed by atoms with van der Waals surface area (Å²) >= 11 is -0.613. The molecule has 0 aromatic rings. The van der Waals surface area contributed by atoms with Gasteiger partial charge in [-0.25, -0.2) is 0 Å². The van der Waals surface area contributed by atoms with E-state index >= 15 is 0 Å². The Labute approximate surface area is 122 Å². The fourth-order valence-corrected chi connectivity index (χ4v) is 13.2. The third-order valence-electron chi connectivity index (χ3n) is 4.17. The molecule has 1 atom stereocenters. The van der Waals surface area contributed by atoms with Crippen LogP contribution in [-0.4, -0.2) is 15.7 Å². The molecule has 0 radical (unpaired) electrons. The molecule has 0 spiro atoms. The summed E-state index contributed by atoms with van der Waals surface area (Å²) in [5, 5.41) is 0. The van der Waals surface area contributed by atoms with Gasteiger partial charge in [0.05, 0.1) is 0 Å². The van der Waals surface area contributed by atoms with Crippen molar-refractivity contribution in [3.63, 3.8) is 0 Å². The van der Waals surface area contributed by atoms with Crippen molar-refractivity contribution < 1.29 is 16.2 Å². The Morgan fingerprint density at radius 1 is 1.06 bits per heavy atom. The number of rotatable bonds is 2. The van der Waals surface area contributed by atoms with Crippen LogP contribution in [0.2, 0.25) is 13.1 Å².